The summed E-state index contributed by atoms with van der Waals surface area (Å²) in [5.74, 6) is 0. The zero-order valence-electron chi connectivity index (χ0n) is 7.66. The molecule has 0 saturated carbocycles. The van der Waals surface area contributed by atoms with Crippen molar-refractivity contribution in [3.8, 4) is 6.07 Å². The summed E-state index contributed by atoms with van der Waals surface area (Å²) >= 11 is 1.69. The molecule has 0 radical (unpaired) electrons. The Labute approximate surface area is 82.0 Å². The van der Waals surface area contributed by atoms with Crippen LogP contribution in [0, 0.1) is 11.3 Å². The van der Waals surface area contributed by atoms with Crippen molar-refractivity contribution in [3.05, 3.63) is 22.6 Å². The Hall–Kier alpha value is -1.01. The molecule has 66 valence electrons. The largest absolute Gasteiger partial charge is 0.271 e. The van der Waals surface area contributed by atoms with Crippen molar-refractivity contribution in [1.29, 1.82) is 5.26 Å². The van der Waals surface area contributed by atoms with Crippen molar-refractivity contribution in [1.82, 2.24) is 0 Å². The van der Waals surface area contributed by atoms with E-state index in [4.69, 9.17) is 5.26 Å². The predicted octanol–water partition coefficient (Wildman–Crippen LogP) is 2.65. The molecule has 0 amide bonds. The number of hydrogen-bond acceptors (Lipinski definition) is 3. The van der Waals surface area contributed by atoms with E-state index in [1.165, 1.54) is 4.91 Å². The summed E-state index contributed by atoms with van der Waals surface area (Å²) in [7, 11) is 0. The Balaban J connectivity index is 2.39. The number of thioether (sulfide) groups is 1. The van der Waals surface area contributed by atoms with Gasteiger partial charge in [0.2, 0.25) is 0 Å². The van der Waals surface area contributed by atoms with E-state index in [0.717, 1.165) is 17.0 Å². The first-order valence-electron chi connectivity index (χ1n) is 4.21. The lowest BCUT2D eigenvalue weighted by Crippen LogP contribution is -2.21. The molecule has 0 aromatic rings. The molecular weight excluding hydrogens is 180 g/mol. The van der Waals surface area contributed by atoms with E-state index in [-0.39, 0.29) is 5.54 Å². The minimum absolute atomic E-state index is 0.0743. The maximum atomic E-state index is 8.75. The van der Waals surface area contributed by atoms with Gasteiger partial charge in [-0.15, -0.1) is 0 Å². The van der Waals surface area contributed by atoms with Gasteiger partial charge >= 0.3 is 0 Å². The summed E-state index contributed by atoms with van der Waals surface area (Å²) in [4.78, 5) is 5.78. The van der Waals surface area contributed by atoms with Crippen LogP contribution in [0.25, 0.3) is 0 Å². The molecule has 1 aliphatic heterocycles. The average Bonchev–Trinajstić information content (AvgIpc) is 2.37. The van der Waals surface area contributed by atoms with Crippen LogP contribution in [0.1, 0.15) is 20.3 Å². The number of allylic oxidation sites excluding steroid dienone is 2. The lowest BCUT2D eigenvalue weighted by Gasteiger charge is -2.23. The molecule has 0 saturated heterocycles. The van der Waals surface area contributed by atoms with Crippen LogP contribution in [-0.4, -0.2) is 10.6 Å². The van der Waals surface area contributed by atoms with Crippen LogP contribution in [0.4, 0.5) is 0 Å². The highest BCUT2D eigenvalue weighted by Crippen LogP contribution is 2.44. The van der Waals surface area contributed by atoms with E-state index in [1.807, 2.05) is 19.1 Å². The third-order valence-corrected chi connectivity index (χ3v) is 3.49. The van der Waals surface area contributed by atoms with Crippen LogP contribution in [-0.2, 0) is 0 Å². The van der Waals surface area contributed by atoms with Gasteiger partial charge in [0.05, 0.1) is 16.7 Å². The molecule has 0 N–H and O–H groups in total. The van der Waals surface area contributed by atoms with Gasteiger partial charge in [0.1, 0.15) is 0 Å². The van der Waals surface area contributed by atoms with Gasteiger partial charge in [-0.25, -0.2) is 0 Å². The van der Waals surface area contributed by atoms with Gasteiger partial charge in [-0.2, -0.15) is 5.26 Å². The molecule has 1 atom stereocenters. The van der Waals surface area contributed by atoms with Gasteiger partial charge in [-0.05, 0) is 26.3 Å². The van der Waals surface area contributed by atoms with Gasteiger partial charge in [-0.1, -0.05) is 17.8 Å². The minimum Gasteiger partial charge on any atom is -0.271 e. The first-order valence-corrected chi connectivity index (χ1v) is 5.02. The normalized spacial score (nSPS) is 31.3. The second-order valence-electron chi connectivity index (χ2n) is 3.49. The van der Waals surface area contributed by atoms with Crippen molar-refractivity contribution >= 4 is 16.8 Å². The fourth-order valence-electron chi connectivity index (χ4n) is 1.61. The fourth-order valence-corrected chi connectivity index (χ4v) is 2.71. The van der Waals surface area contributed by atoms with E-state index < -0.39 is 0 Å². The van der Waals surface area contributed by atoms with Crippen LogP contribution in [0.15, 0.2) is 27.6 Å². The summed E-state index contributed by atoms with van der Waals surface area (Å²) in [6.45, 7) is 4.13. The molecule has 0 fully saturated rings. The van der Waals surface area contributed by atoms with E-state index in [0.29, 0.717) is 0 Å². The number of aliphatic imine (C=N–C) groups is 1. The van der Waals surface area contributed by atoms with Gasteiger partial charge in [0, 0.05) is 10.5 Å². The number of fused-ring (bicyclic) bond motifs is 1. The number of nitriles is 1. The van der Waals surface area contributed by atoms with E-state index >= 15 is 0 Å². The van der Waals surface area contributed by atoms with Gasteiger partial charge in [0.25, 0.3) is 0 Å². The van der Waals surface area contributed by atoms with Crippen molar-refractivity contribution < 1.29 is 0 Å². The predicted molar refractivity (Wildman–Crippen MR) is 55.5 cm³/mol. The minimum atomic E-state index is -0.0743. The summed E-state index contributed by atoms with van der Waals surface area (Å²) in [6, 6.07) is 2.17. The molecule has 13 heavy (non-hydrogen) atoms. The summed E-state index contributed by atoms with van der Waals surface area (Å²) in [5, 5.41) is 9.85. The van der Waals surface area contributed by atoms with E-state index in [2.05, 4.69) is 18.0 Å². The molecule has 3 heteroatoms. The Morgan fingerprint density at radius 3 is 3.15 bits per heavy atom. The molecular formula is C10H10N2S. The third-order valence-electron chi connectivity index (χ3n) is 2.33. The lowest BCUT2D eigenvalue weighted by molar-refractivity contribution is 0.588. The second kappa shape index (κ2) is 2.74. The molecule has 0 bridgehead atoms. The molecule has 0 aromatic carbocycles. The molecule has 0 aromatic heterocycles. The SMILES string of the molecule is CC1=NC2(C)CC=C(C#N)C=C2S1. The highest BCUT2D eigenvalue weighted by molar-refractivity contribution is 8.17. The topological polar surface area (TPSA) is 36.1 Å². The zero-order valence-corrected chi connectivity index (χ0v) is 8.48. The van der Waals surface area contributed by atoms with E-state index in [9.17, 15) is 0 Å². The van der Waals surface area contributed by atoms with E-state index in [1.54, 1.807) is 11.8 Å². The standard InChI is InChI=1S/C10H10N2S/c1-7-12-10(2)4-3-8(6-11)5-9(10)13-7/h3,5H,4H2,1-2H3. The van der Waals surface area contributed by atoms with Gasteiger partial charge in [0.15, 0.2) is 0 Å². The highest BCUT2D eigenvalue weighted by atomic mass is 32.2. The molecule has 2 nitrogen and oxygen atoms in total. The summed E-state index contributed by atoms with van der Waals surface area (Å²) < 4.78 is 0. The Morgan fingerprint density at radius 1 is 1.69 bits per heavy atom. The fraction of sp³-hybridized carbons (Fsp3) is 0.400. The van der Waals surface area contributed by atoms with Crippen molar-refractivity contribution in [2.45, 2.75) is 25.8 Å². The van der Waals surface area contributed by atoms with Crippen molar-refractivity contribution in [2.75, 3.05) is 0 Å². The third kappa shape index (κ3) is 1.31. The lowest BCUT2D eigenvalue weighted by atomic mass is 9.91. The average molecular weight is 190 g/mol. The van der Waals surface area contributed by atoms with Crippen LogP contribution in [0.2, 0.25) is 0 Å². The van der Waals surface area contributed by atoms with Crippen molar-refractivity contribution in [2.24, 2.45) is 4.99 Å². The van der Waals surface area contributed by atoms with Crippen LogP contribution in [0.5, 0.6) is 0 Å². The maximum absolute atomic E-state index is 8.75. The summed E-state index contributed by atoms with van der Waals surface area (Å²) in [5.41, 5.74) is 0.694. The molecule has 1 unspecified atom stereocenters. The van der Waals surface area contributed by atoms with Gasteiger partial charge < -0.3 is 0 Å². The quantitative estimate of drug-likeness (QED) is 0.588. The molecule has 1 aliphatic carbocycles. The Kier molecular flexibility index (Phi) is 1.81. The monoisotopic (exact) mass is 190 g/mol. The number of hydrogen-bond donors (Lipinski definition) is 0. The first-order chi connectivity index (χ1) is 6.14. The number of nitrogens with zero attached hydrogens (tertiary/aromatic N) is 2. The van der Waals surface area contributed by atoms with Gasteiger partial charge in [-0.3, -0.25) is 4.99 Å². The highest BCUT2D eigenvalue weighted by Gasteiger charge is 2.35. The molecule has 2 rings (SSSR count). The first kappa shape index (κ1) is 8.58. The maximum Gasteiger partial charge on any atom is 0.0988 e. The van der Waals surface area contributed by atoms with Crippen LogP contribution < -0.4 is 0 Å². The molecule has 2 aliphatic rings. The molecule has 0 spiro atoms. The van der Waals surface area contributed by atoms with Crippen LogP contribution >= 0.6 is 11.8 Å². The van der Waals surface area contributed by atoms with Crippen LogP contribution in [0.3, 0.4) is 0 Å². The second-order valence-corrected chi connectivity index (χ2v) is 4.73. The smallest absolute Gasteiger partial charge is 0.0988 e. The zero-order chi connectivity index (χ0) is 9.47. The number of rotatable bonds is 0. The summed E-state index contributed by atoms with van der Waals surface area (Å²) in [6.07, 6.45) is 4.77. The molecule has 1 heterocycles. The Bertz CT molecular complexity index is 384. The van der Waals surface area contributed by atoms with Crippen molar-refractivity contribution in [3.63, 3.8) is 0 Å². The Morgan fingerprint density at radius 2 is 2.46 bits per heavy atom.